The predicted molar refractivity (Wildman–Crippen MR) is 53.5 cm³/mol. The highest BCUT2D eigenvalue weighted by Crippen LogP contribution is 2.10. The van der Waals surface area contributed by atoms with Crippen LogP contribution in [0.4, 0.5) is 0 Å². The van der Waals surface area contributed by atoms with Gasteiger partial charge in [0.2, 0.25) is 0 Å². The highest BCUT2D eigenvalue weighted by atomic mass is 79.9. The Hall–Kier alpha value is -0.0500. The molecule has 2 nitrogen and oxygen atoms in total. The highest BCUT2D eigenvalue weighted by molar-refractivity contribution is 9.10. The molecule has 0 aromatic heterocycles. The number of hydrogen-bond donors (Lipinski definition) is 0. The molecule has 0 bridgehead atoms. The average Bonchev–Trinajstić information content (AvgIpc) is 2.03. The van der Waals surface area contributed by atoms with Crippen molar-refractivity contribution in [2.75, 3.05) is 0 Å². The van der Waals surface area contributed by atoms with E-state index < -0.39 is 0 Å². The lowest BCUT2D eigenvalue weighted by atomic mass is 10.2. The zero-order chi connectivity index (χ0) is 9.56. The minimum Gasteiger partial charge on any atom is -0.462 e. The van der Waals surface area contributed by atoms with Crippen LogP contribution in [-0.2, 0) is 9.53 Å². The summed E-state index contributed by atoms with van der Waals surface area (Å²) in [4.78, 5) is 11.0. The molecule has 0 aliphatic heterocycles. The second-order valence-corrected chi connectivity index (χ2v) is 4.02. The zero-order valence-corrected chi connectivity index (χ0v) is 9.56. The Balaban J connectivity index is 3.67. The Morgan fingerprint density at radius 1 is 1.50 bits per heavy atom. The number of alkyl halides is 1. The molecule has 72 valence electrons. The molecular weight excluding hydrogens is 220 g/mol. The maximum absolute atomic E-state index is 11.2. The number of halogens is 1. The van der Waals surface area contributed by atoms with Gasteiger partial charge in [-0.1, -0.05) is 36.2 Å². The van der Waals surface area contributed by atoms with Crippen LogP contribution >= 0.6 is 15.9 Å². The Morgan fingerprint density at radius 3 is 2.50 bits per heavy atom. The lowest BCUT2D eigenvalue weighted by molar-refractivity contribution is -0.147. The van der Waals surface area contributed by atoms with Gasteiger partial charge in [0.25, 0.3) is 0 Å². The van der Waals surface area contributed by atoms with Crippen molar-refractivity contribution >= 4 is 21.9 Å². The summed E-state index contributed by atoms with van der Waals surface area (Å²) in [6, 6.07) is 0. The fraction of sp³-hybridized carbons (Fsp3) is 0.889. The number of carbonyl (C=O) groups is 1. The summed E-state index contributed by atoms with van der Waals surface area (Å²) >= 11 is 3.25. The maximum atomic E-state index is 11.2. The standard InChI is InChI=1S/C9H17BrO2/c1-4-6-7(3)12-9(11)8(10)5-2/h7-8H,4-6H2,1-3H3. The van der Waals surface area contributed by atoms with Gasteiger partial charge in [0.15, 0.2) is 0 Å². The van der Waals surface area contributed by atoms with Crippen molar-refractivity contribution in [3.63, 3.8) is 0 Å². The molecule has 2 atom stereocenters. The van der Waals surface area contributed by atoms with Crippen molar-refractivity contribution in [2.45, 2.75) is 51.0 Å². The normalized spacial score (nSPS) is 15.3. The Labute approximate surface area is 82.8 Å². The van der Waals surface area contributed by atoms with E-state index in [1.165, 1.54) is 0 Å². The van der Waals surface area contributed by atoms with Gasteiger partial charge in [-0.3, -0.25) is 4.79 Å². The van der Waals surface area contributed by atoms with E-state index in [9.17, 15) is 4.79 Å². The van der Waals surface area contributed by atoms with Crippen LogP contribution in [0.15, 0.2) is 0 Å². The first-order valence-electron chi connectivity index (χ1n) is 4.46. The summed E-state index contributed by atoms with van der Waals surface area (Å²) in [5, 5.41) is 0. The lowest BCUT2D eigenvalue weighted by Crippen LogP contribution is -2.22. The molecule has 0 aliphatic carbocycles. The van der Waals surface area contributed by atoms with Gasteiger partial charge in [-0.15, -0.1) is 0 Å². The van der Waals surface area contributed by atoms with Gasteiger partial charge in [-0.05, 0) is 19.8 Å². The summed E-state index contributed by atoms with van der Waals surface area (Å²) in [5.74, 6) is -0.140. The molecule has 0 saturated heterocycles. The first kappa shape index (κ1) is 11.9. The van der Waals surface area contributed by atoms with E-state index in [-0.39, 0.29) is 16.9 Å². The Kier molecular flexibility index (Phi) is 6.44. The van der Waals surface area contributed by atoms with Crippen LogP contribution in [0, 0.1) is 0 Å². The summed E-state index contributed by atoms with van der Waals surface area (Å²) < 4.78 is 5.16. The van der Waals surface area contributed by atoms with Gasteiger partial charge >= 0.3 is 5.97 Å². The largest absolute Gasteiger partial charge is 0.462 e. The molecule has 0 N–H and O–H groups in total. The zero-order valence-electron chi connectivity index (χ0n) is 7.97. The average molecular weight is 237 g/mol. The van der Waals surface area contributed by atoms with Crippen molar-refractivity contribution in [3.8, 4) is 0 Å². The molecule has 0 spiro atoms. The number of esters is 1. The molecule has 0 aromatic carbocycles. The molecule has 0 fully saturated rings. The molecule has 0 aromatic rings. The van der Waals surface area contributed by atoms with Crippen molar-refractivity contribution in [3.05, 3.63) is 0 Å². The third kappa shape index (κ3) is 4.75. The lowest BCUT2D eigenvalue weighted by Gasteiger charge is -2.14. The third-order valence-electron chi connectivity index (χ3n) is 1.63. The maximum Gasteiger partial charge on any atom is 0.319 e. The van der Waals surface area contributed by atoms with E-state index in [2.05, 4.69) is 22.9 Å². The van der Waals surface area contributed by atoms with Crippen LogP contribution in [0.5, 0.6) is 0 Å². The van der Waals surface area contributed by atoms with Crippen molar-refractivity contribution < 1.29 is 9.53 Å². The quantitative estimate of drug-likeness (QED) is 0.542. The van der Waals surface area contributed by atoms with Crippen LogP contribution in [-0.4, -0.2) is 16.9 Å². The number of hydrogen-bond acceptors (Lipinski definition) is 2. The number of rotatable bonds is 5. The predicted octanol–water partition coefficient (Wildman–Crippen LogP) is 2.89. The molecule has 0 radical (unpaired) electrons. The monoisotopic (exact) mass is 236 g/mol. The SMILES string of the molecule is CCCC(C)OC(=O)C(Br)CC. The smallest absolute Gasteiger partial charge is 0.319 e. The number of carbonyl (C=O) groups excluding carboxylic acids is 1. The van der Waals surface area contributed by atoms with Gasteiger partial charge < -0.3 is 4.74 Å². The van der Waals surface area contributed by atoms with Gasteiger partial charge in [0.1, 0.15) is 4.83 Å². The van der Waals surface area contributed by atoms with Gasteiger partial charge in [-0.25, -0.2) is 0 Å². The fourth-order valence-corrected chi connectivity index (χ4v) is 1.01. The van der Waals surface area contributed by atoms with Crippen molar-refractivity contribution in [1.29, 1.82) is 0 Å². The van der Waals surface area contributed by atoms with Crippen molar-refractivity contribution in [1.82, 2.24) is 0 Å². The summed E-state index contributed by atoms with van der Waals surface area (Å²) in [7, 11) is 0. The first-order chi connectivity index (χ1) is 5.61. The topological polar surface area (TPSA) is 26.3 Å². The van der Waals surface area contributed by atoms with Crippen LogP contribution in [0.1, 0.15) is 40.0 Å². The van der Waals surface area contributed by atoms with E-state index in [1.807, 2.05) is 13.8 Å². The van der Waals surface area contributed by atoms with Crippen LogP contribution in [0.2, 0.25) is 0 Å². The summed E-state index contributed by atoms with van der Waals surface area (Å²) in [6.45, 7) is 5.96. The molecule has 0 saturated carbocycles. The molecule has 0 amide bonds. The molecule has 0 rings (SSSR count). The molecule has 12 heavy (non-hydrogen) atoms. The molecule has 0 heterocycles. The minimum absolute atomic E-state index is 0.0501. The summed E-state index contributed by atoms with van der Waals surface area (Å²) in [6.07, 6.45) is 2.81. The second kappa shape index (κ2) is 6.46. The number of ether oxygens (including phenoxy) is 1. The van der Waals surface area contributed by atoms with E-state index in [4.69, 9.17) is 4.74 Å². The van der Waals surface area contributed by atoms with Gasteiger partial charge in [0.05, 0.1) is 6.10 Å². The molecular formula is C9H17BrO2. The van der Waals surface area contributed by atoms with Crippen LogP contribution in [0.25, 0.3) is 0 Å². The van der Waals surface area contributed by atoms with Gasteiger partial charge in [-0.2, -0.15) is 0 Å². The van der Waals surface area contributed by atoms with E-state index in [0.29, 0.717) is 0 Å². The highest BCUT2D eigenvalue weighted by Gasteiger charge is 2.16. The Bertz CT molecular complexity index is 136. The summed E-state index contributed by atoms with van der Waals surface area (Å²) in [5.41, 5.74) is 0. The Morgan fingerprint density at radius 2 is 2.08 bits per heavy atom. The molecule has 3 heteroatoms. The minimum atomic E-state index is -0.142. The molecule has 2 unspecified atom stereocenters. The van der Waals surface area contributed by atoms with Crippen LogP contribution < -0.4 is 0 Å². The fourth-order valence-electron chi connectivity index (χ4n) is 0.904. The van der Waals surface area contributed by atoms with E-state index in [1.54, 1.807) is 0 Å². The van der Waals surface area contributed by atoms with E-state index in [0.717, 1.165) is 19.3 Å². The van der Waals surface area contributed by atoms with Gasteiger partial charge in [0, 0.05) is 0 Å². The van der Waals surface area contributed by atoms with E-state index >= 15 is 0 Å². The second-order valence-electron chi connectivity index (χ2n) is 2.91. The third-order valence-corrected chi connectivity index (χ3v) is 2.65. The van der Waals surface area contributed by atoms with Crippen LogP contribution in [0.3, 0.4) is 0 Å². The first-order valence-corrected chi connectivity index (χ1v) is 5.37. The molecule has 0 aliphatic rings. The van der Waals surface area contributed by atoms with Crippen molar-refractivity contribution in [2.24, 2.45) is 0 Å².